The fraction of sp³-hybridized carbons (Fsp3) is 0.786. The molecular formula is C14H20O5. The van der Waals surface area contributed by atoms with E-state index in [1.807, 2.05) is 6.92 Å². The highest BCUT2D eigenvalue weighted by atomic mass is 16.6. The van der Waals surface area contributed by atoms with Crippen LogP contribution in [0.1, 0.15) is 46.0 Å². The van der Waals surface area contributed by atoms with Crippen molar-refractivity contribution in [3.63, 3.8) is 0 Å². The first kappa shape index (κ1) is 14.0. The van der Waals surface area contributed by atoms with Gasteiger partial charge >= 0.3 is 11.9 Å². The Kier molecular flexibility index (Phi) is 3.41. The first-order chi connectivity index (χ1) is 8.84. The predicted molar refractivity (Wildman–Crippen MR) is 66.2 cm³/mol. The van der Waals surface area contributed by atoms with Gasteiger partial charge in [0.15, 0.2) is 0 Å². The second kappa shape index (κ2) is 4.62. The van der Waals surface area contributed by atoms with Crippen LogP contribution in [0.25, 0.3) is 0 Å². The number of ether oxygens (including phenoxy) is 2. The molecule has 0 radical (unpaired) electrons. The molecule has 106 valence electrons. The molecule has 1 heterocycles. The van der Waals surface area contributed by atoms with E-state index in [1.54, 1.807) is 6.92 Å². The molecule has 2 fully saturated rings. The number of methoxy groups -OCH3 is 1. The second-order valence-electron chi connectivity index (χ2n) is 5.84. The molecule has 1 aliphatic carbocycles. The number of carbonyl (C=O) groups excluding carboxylic acids is 3. The highest BCUT2D eigenvalue weighted by Gasteiger charge is 2.62. The number of rotatable bonds is 2. The first-order valence-corrected chi connectivity index (χ1v) is 6.68. The van der Waals surface area contributed by atoms with Gasteiger partial charge in [-0.05, 0) is 26.2 Å². The van der Waals surface area contributed by atoms with Gasteiger partial charge in [-0.15, -0.1) is 0 Å². The van der Waals surface area contributed by atoms with Crippen LogP contribution < -0.4 is 0 Å². The molecule has 0 aromatic heterocycles. The predicted octanol–water partition coefficient (Wildman–Crippen LogP) is 1.63. The summed E-state index contributed by atoms with van der Waals surface area (Å²) in [6, 6.07) is 0. The zero-order valence-corrected chi connectivity index (χ0v) is 11.7. The van der Waals surface area contributed by atoms with Gasteiger partial charge in [0.1, 0.15) is 11.4 Å². The lowest BCUT2D eigenvalue weighted by atomic mass is 9.55. The zero-order chi connectivity index (χ0) is 14.3. The minimum Gasteiger partial charge on any atom is -0.469 e. The molecule has 1 aliphatic heterocycles. The lowest BCUT2D eigenvalue weighted by Crippen LogP contribution is -2.61. The number of hydrogen-bond acceptors (Lipinski definition) is 5. The maximum absolute atomic E-state index is 12.6. The molecule has 0 aromatic carbocycles. The number of fused-ring (bicyclic) bond motifs is 1. The van der Waals surface area contributed by atoms with Crippen molar-refractivity contribution >= 4 is 17.7 Å². The van der Waals surface area contributed by atoms with Crippen molar-refractivity contribution in [3.05, 3.63) is 0 Å². The van der Waals surface area contributed by atoms with Crippen molar-refractivity contribution in [2.45, 2.75) is 51.6 Å². The van der Waals surface area contributed by atoms with Crippen LogP contribution in [0.3, 0.4) is 0 Å². The summed E-state index contributed by atoms with van der Waals surface area (Å²) in [6.45, 7) is 3.65. The largest absolute Gasteiger partial charge is 0.469 e. The number of hydrogen-bond donors (Lipinski definition) is 0. The van der Waals surface area contributed by atoms with Crippen LogP contribution >= 0.6 is 0 Å². The Morgan fingerprint density at radius 2 is 2.11 bits per heavy atom. The normalized spacial score (nSPS) is 38.4. The third-order valence-corrected chi connectivity index (χ3v) is 4.75. The van der Waals surface area contributed by atoms with E-state index in [2.05, 4.69) is 0 Å². The van der Waals surface area contributed by atoms with E-state index in [4.69, 9.17) is 9.47 Å². The van der Waals surface area contributed by atoms with Gasteiger partial charge in [0.05, 0.1) is 18.9 Å². The van der Waals surface area contributed by atoms with E-state index >= 15 is 0 Å². The Morgan fingerprint density at radius 3 is 2.74 bits per heavy atom. The van der Waals surface area contributed by atoms with Gasteiger partial charge in [-0.1, -0.05) is 6.92 Å². The number of carbonyl (C=O) groups is 3. The molecular weight excluding hydrogens is 248 g/mol. The first-order valence-electron chi connectivity index (χ1n) is 6.68. The molecule has 0 bridgehead atoms. The molecule has 19 heavy (non-hydrogen) atoms. The van der Waals surface area contributed by atoms with Crippen LogP contribution in [0.4, 0.5) is 0 Å². The van der Waals surface area contributed by atoms with E-state index in [-0.39, 0.29) is 30.5 Å². The Bertz CT molecular complexity index is 430. The van der Waals surface area contributed by atoms with Gasteiger partial charge in [-0.2, -0.15) is 0 Å². The summed E-state index contributed by atoms with van der Waals surface area (Å²) in [5.74, 6) is -0.786. The van der Waals surface area contributed by atoms with Crippen molar-refractivity contribution in [1.82, 2.24) is 0 Å². The summed E-state index contributed by atoms with van der Waals surface area (Å²) in [7, 11) is 1.31. The van der Waals surface area contributed by atoms with E-state index in [0.29, 0.717) is 19.3 Å². The summed E-state index contributed by atoms with van der Waals surface area (Å²) >= 11 is 0. The van der Waals surface area contributed by atoms with Crippen LogP contribution in [0.15, 0.2) is 0 Å². The van der Waals surface area contributed by atoms with E-state index in [9.17, 15) is 14.4 Å². The second-order valence-corrected chi connectivity index (χ2v) is 5.84. The van der Waals surface area contributed by atoms with Crippen molar-refractivity contribution in [3.8, 4) is 0 Å². The van der Waals surface area contributed by atoms with Gasteiger partial charge in [0.2, 0.25) is 0 Å². The molecule has 0 amide bonds. The number of Topliss-reactive ketones (excluding diaryl/α,β-unsaturated/α-hetero) is 1. The van der Waals surface area contributed by atoms with Crippen LogP contribution in [0, 0.1) is 11.3 Å². The molecule has 2 aliphatic rings. The summed E-state index contributed by atoms with van der Waals surface area (Å²) in [6.07, 6.45) is 1.86. The maximum Gasteiger partial charge on any atom is 0.306 e. The fourth-order valence-electron chi connectivity index (χ4n) is 3.43. The average molecular weight is 268 g/mol. The van der Waals surface area contributed by atoms with Gasteiger partial charge in [-0.3, -0.25) is 14.4 Å². The van der Waals surface area contributed by atoms with E-state index < -0.39 is 17.0 Å². The SMILES string of the molecule is COC(=O)C[C@@]12CCC(=O)O[C@]1(C)CCC(C)C2=O. The Labute approximate surface area is 112 Å². The average Bonchev–Trinajstić information content (AvgIpc) is 2.37. The standard InChI is InChI=1S/C14H20O5/c1-9-4-6-13(2)14(12(9)17,8-11(16)18-3)7-5-10(15)19-13/h9H,4-8H2,1-3H3/t9?,13-,14-/m1/s1. The summed E-state index contributed by atoms with van der Waals surface area (Å²) in [5, 5.41) is 0. The van der Waals surface area contributed by atoms with Crippen molar-refractivity contribution in [2.24, 2.45) is 11.3 Å². The van der Waals surface area contributed by atoms with Crippen LogP contribution in [-0.4, -0.2) is 30.4 Å². The third-order valence-electron chi connectivity index (χ3n) is 4.75. The lowest BCUT2D eigenvalue weighted by Gasteiger charge is -2.53. The van der Waals surface area contributed by atoms with Crippen LogP contribution in [0.5, 0.6) is 0 Å². The Balaban J connectivity index is 2.42. The molecule has 0 aromatic rings. The van der Waals surface area contributed by atoms with E-state index in [0.717, 1.165) is 0 Å². The van der Waals surface area contributed by atoms with Crippen molar-refractivity contribution < 1.29 is 23.9 Å². The highest BCUT2D eigenvalue weighted by Crippen LogP contribution is 2.53. The van der Waals surface area contributed by atoms with Gasteiger partial charge < -0.3 is 9.47 Å². The quantitative estimate of drug-likeness (QED) is 0.712. The molecule has 2 rings (SSSR count). The highest BCUT2D eigenvalue weighted by molar-refractivity contribution is 5.94. The summed E-state index contributed by atoms with van der Waals surface area (Å²) < 4.78 is 10.2. The maximum atomic E-state index is 12.6. The molecule has 0 N–H and O–H groups in total. The molecule has 0 spiro atoms. The number of ketones is 1. The van der Waals surface area contributed by atoms with Crippen molar-refractivity contribution in [2.75, 3.05) is 7.11 Å². The zero-order valence-electron chi connectivity index (χ0n) is 11.7. The molecule has 5 nitrogen and oxygen atoms in total. The molecule has 5 heteroatoms. The Morgan fingerprint density at radius 1 is 1.42 bits per heavy atom. The number of esters is 2. The summed E-state index contributed by atoms with van der Waals surface area (Å²) in [5.41, 5.74) is -1.79. The molecule has 1 saturated heterocycles. The fourth-order valence-corrected chi connectivity index (χ4v) is 3.43. The lowest BCUT2D eigenvalue weighted by molar-refractivity contribution is -0.205. The molecule has 1 unspecified atom stereocenters. The topological polar surface area (TPSA) is 69.7 Å². The molecule has 3 atom stereocenters. The van der Waals surface area contributed by atoms with E-state index in [1.165, 1.54) is 7.11 Å². The van der Waals surface area contributed by atoms with Crippen LogP contribution in [-0.2, 0) is 23.9 Å². The van der Waals surface area contributed by atoms with Gasteiger partial charge in [0, 0.05) is 12.3 Å². The van der Waals surface area contributed by atoms with Crippen LogP contribution in [0.2, 0.25) is 0 Å². The summed E-state index contributed by atoms with van der Waals surface area (Å²) in [4.78, 5) is 35.9. The molecule has 1 saturated carbocycles. The minimum absolute atomic E-state index is 0.00352. The minimum atomic E-state index is -0.911. The van der Waals surface area contributed by atoms with Crippen molar-refractivity contribution in [1.29, 1.82) is 0 Å². The van der Waals surface area contributed by atoms with Gasteiger partial charge in [0.25, 0.3) is 0 Å². The third kappa shape index (κ3) is 2.05. The monoisotopic (exact) mass is 268 g/mol. The smallest absolute Gasteiger partial charge is 0.306 e. The Hall–Kier alpha value is -1.39. The van der Waals surface area contributed by atoms with Gasteiger partial charge in [-0.25, -0.2) is 0 Å².